The Labute approximate surface area is 144 Å². The molecule has 0 saturated heterocycles. The summed E-state index contributed by atoms with van der Waals surface area (Å²) in [5, 5.41) is 2.89. The number of carbonyl (C=O) groups is 3. The number of nitrogens with zero attached hydrogens (tertiary/aromatic N) is 1. The number of benzene rings is 2. The molecule has 0 unspecified atom stereocenters. The number of nitrogen functional groups attached to an aromatic ring is 1. The van der Waals surface area contributed by atoms with Gasteiger partial charge in [0.1, 0.15) is 0 Å². The van der Waals surface area contributed by atoms with Crippen molar-refractivity contribution in [3.8, 4) is 0 Å². The largest absolute Gasteiger partial charge is 0.399 e. The van der Waals surface area contributed by atoms with Gasteiger partial charge in [0.15, 0.2) is 0 Å². The smallest absolute Gasteiger partial charge is 0.323 e. The molecule has 0 aromatic heterocycles. The van der Waals surface area contributed by atoms with E-state index in [0.29, 0.717) is 16.4 Å². The van der Waals surface area contributed by atoms with E-state index in [9.17, 15) is 14.4 Å². The highest BCUT2D eigenvalue weighted by molar-refractivity contribution is 6.48. The molecular weight excluding hydrogens is 330 g/mol. The maximum Gasteiger partial charge on any atom is 0.323 e. The summed E-state index contributed by atoms with van der Waals surface area (Å²) in [5.41, 5.74) is 7.46. The van der Waals surface area contributed by atoms with E-state index in [1.807, 2.05) is 6.92 Å². The van der Waals surface area contributed by atoms with Crippen LogP contribution in [0, 0.1) is 6.92 Å². The zero-order chi connectivity index (χ0) is 17.9. The molecule has 0 fully saturated rings. The molecular formula is C17H16ClN3O3. The molecule has 7 heteroatoms. The maximum atomic E-state index is 12.4. The molecule has 124 valence electrons. The zero-order valence-corrected chi connectivity index (χ0v) is 13.9. The van der Waals surface area contributed by atoms with Crippen molar-refractivity contribution in [3.05, 3.63) is 53.1 Å². The number of carbonyl (C=O) groups excluding carboxylic acids is 3. The van der Waals surface area contributed by atoms with Gasteiger partial charge < -0.3 is 11.1 Å². The Morgan fingerprint density at radius 1 is 1.12 bits per heavy atom. The molecule has 3 amide bonds. The standard InChI is InChI=1S/C17H16ClN3O3/c1-10-6-7-13(9-15(10)18)20-16(23)17(24)21(11(2)22)14-5-3-4-12(19)8-14/h3-9H,19H2,1-2H3,(H,20,23). The molecule has 2 aromatic carbocycles. The minimum Gasteiger partial charge on any atom is -0.399 e. The van der Waals surface area contributed by atoms with E-state index in [0.717, 1.165) is 10.5 Å². The minimum absolute atomic E-state index is 0.226. The Balaban J connectivity index is 2.24. The van der Waals surface area contributed by atoms with Gasteiger partial charge in [-0.2, -0.15) is 0 Å². The third-order valence-corrected chi connectivity index (χ3v) is 3.68. The summed E-state index contributed by atoms with van der Waals surface area (Å²) >= 11 is 5.99. The summed E-state index contributed by atoms with van der Waals surface area (Å²) in [6.07, 6.45) is 0. The van der Waals surface area contributed by atoms with Gasteiger partial charge in [-0.3, -0.25) is 14.4 Å². The molecule has 0 spiro atoms. The number of hydrogen-bond acceptors (Lipinski definition) is 4. The zero-order valence-electron chi connectivity index (χ0n) is 13.2. The SMILES string of the molecule is CC(=O)N(C(=O)C(=O)Nc1ccc(C)c(Cl)c1)c1cccc(N)c1. The summed E-state index contributed by atoms with van der Waals surface area (Å²) in [6.45, 7) is 3.01. The van der Waals surface area contributed by atoms with Gasteiger partial charge in [0.05, 0.1) is 5.69 Å². The number of aryl methyl sites for hydroxylation is 1. The van der Waals surface area contributed by atoms with Gasteiger partial charge >= 0.3 is 11.8 Å². The predicted octanol–water partition coefficient (Wildman–Crippen LogP) is 2.75. The second-order valence-electron chi connectivity index (χ2n) is 5.17. The van der Waals surface area contributed by atoms with Crippen LogP contribution in [0.2, 0.25) is 5.02 Å². The van der Waals surface area contributed by atoms with E-state index in [1.54, 1.807) is 24.3 Å². The molecule has 0 aliphatic carbocycles. The van der Waals surface area contributed by atoms with Gasteiger partial charge in [-0.15, -0.1) is 0 Å². The fourth-order valence-electron chi connectivity index (χ4n) is 2.06. The molecule has 2 aromatic rings. The van der Waals surface area contributed by atoms with Crippen LogP contribution in [0.5, 0.6) is 0 Å². The number of anilines is 3. The second kappa shape index (κ2) is 7.14. The second-order valence-corrected chi connectivity index (χ2v) is 5.58. The molecule has 0 aliphatic heterocycles. The van der Waals surface area contributed by atoms with Crippen molar-refractivity contribution in [1.29, 1.82) is 0 Å². The molecule has 24 heavy (non-hydrogen) atoms. The monoisotopic (exact) mass is 345 g/mol. The number of halogens is 1. The van der Waals surface area contributed by atoms with E-state index in [4.69, 9.17) is 17.3 Å². The van der Waals surface area contributed by atoms with Crippen LogP contribution in [0.15, 0.2) is 42.5 Å². The lowest BCUT2D eigenvalue weighted by molar-refractivity contribution is -0.136. The first-order chi connectivity index (χ1) is 11.3. The highest BCUT2D eigenvalue weighted by atomic mass is 35.5. The number of amides is 3. The molecule has 3 N–H and O–H groups in total. The van der Waals surface area contributed by atoms with Crippen molar-refractivity contribution >= 4 is 46.4 Å². The summed E-state index contributed by atoms with van der Waals surface area (Å²) in [6, 6.07) is 11.0. The van der Waals surface area contributed by atoms with Crippen LogP contribution in [-0.4, -0.2) is 17.7 Å². The number of nitrogens with two attached hydrogens (primary N) is 1. The Kier molecular flexibility index (Phi) is 5.21. The first kappa shape index (κ1) is 17.5. The van der Waals surface area contributed by atoms with Crippen LogP contribution in [0.25, 0.3) is 0 Å². The number of imide groups is 1. The van der Waals surface area contributed by atoms with E-state index in [-0.39, 0.29) is 5.69 Å². The van der Waals surface area contributed by atoms with Crippen LogP contribution < -0.4 is 16.0 Å². The molecule has 0 heterocycles. The van der Waals surface area contributed by atoms with E-state index < -0.39 is 17.7 Å². The van der Waals surface area contributed by atoms with E-state index >= 15 is 0 Å². The quantitative estimate of drug-likeness (QED) is 0.646. The molecule has 0 atom stereocenters. The minimum atomic E-state index is -1.01. The van der Waals surface area contributed by atoms with Crippen molar-refractivity contribution in [2.24, 2.45) is 0 Å². The van der Waals surface area contributed by atoms with Crippen LogP contribution >= 0.6 is 11.6 Å². The average molecular weight is 346 g/mol. The molecule has 2 rings (SSSR count). The normalized spacial score (nSPS) is 10.1. The molecule has 0 saturated carbocycles. The fourth-order valence-corrected chi connectivity index (χ4v) is 2.24. The van der Waals surface area contributed by atoms with Crippen molar-refractivity contribution in [1.82, 2.24) is 0 Å². The summed E-state index contributed by atoms with van der Waals surface area (Å²) in [4.78, 5) is 37.1. The number of nitrogens with one attached hydrogen (secondary N) is 1. The van der Waals surface area contributed by atoms with Crippen molar-refractivity contribution in [2.75, 3.05) is 16.0 Å². The van der Waals surface area contributed by atoms with E-state index in [2.05, 4.69) is 5.32 Å². The first-order valence-electron chi connectivity index (χ1n) is 7.07. The fraction of sp³-hybridized carbons (Fsp3) is 0.118. The van der Waals surface area contributed by atoms with Gasteiger partial charge in [0.25, 0.3) is 0 Å². The van der Waals surface area contributed by atoms with Gasteiger partial charge in [-0.1, -0.05) is 23.7 Å². The lowest BCUT2D eigenvalue weighted by atomic mass is 10.2. The molecule has 6 nitrogen and oxygen atoms in total. The summed E-state index contributed by atoms with van der Waals surface area (Å²) < 4.78 is 0. The highest BCUT2D eigenvalue weighted by Gasteiger charge is 2.27. The Bertz CT molecular complexity index is 820. The van der Waals surface area contributed by atoms with Crippen molar-refractivity contribution < 1.29 is 14.4 Å². The lowest BCUT2D eigenvalue weighted by Gasteiger charge is -2.19. The Hall–Kier alpha value is -2.86. The van der Waals surface area contributed by atoms with Gasteiger partial charge in [0, 0.05) is 23.3 Å². The van der Waals surface area contributed by atoms with Crippen molar-refractivity contribution in [3.63, 3.8) is 0 Å². The third kappa shape index (κ3) is 3.91. The number of hydrogen-bond donors (Lipinski definition) is 2. The highest BCUT2D eigenvalue weighted by Crippen LogP contribution is 2.21. The molecule has 0 radical (unpaired) electrons. The van der Waals surface area contributed by atoms with Crippen LogP contribution in [0.3, 0.4) is 0 Å². The molecule has 0 bridgehead atoms. The van der Waals surface area contributed by atoms with Gasteiger partial charge in [0.2, 0.25) is 5.91 Å². The Morgan fingerprint density at radius 3 is 2.42 bits per heavy atom. The first-order valence-corrected chi connectivity index (χ1v) is 7.45. The molecule has 0 aliphatic rings. The van der Waals surface area contributed by atoms with Crippen LogP contribution in [0.4, 0.5) is 17.1 Å². The van der Waals surface area contributed by atoms with Crippen LogP contribution in [0.1, 0.15) is 12.5 Å². The predicted molar refractivity (Wildman–Crippen MR) is 93.8 cm³/mol. The Morgan fingerprint density at radius 2 is 1.83 bits per heavy atom. The average Bonchev–Trinajstić information content (AvgIpc) is 2.50. The summed E-state index contributed by atoms with van der Waals surface area (Å²) in [7, 11) is 0. The van der Waals surface area contributed by atoms with Gasteiger partial charge in [-0.25, -0.2) is 4.90 Å². The van der Waals surface area contributed by atoms with E-state index in [1.165, 1.54) is 25.1 Å². The maximum absolute atomic E-state index is 12.4. The lowest BCUT2D eigenvalue weighted by Crippen LogP contribution is -2.42. The van der Waals surface area contributed by atoms with Crippen LogP contribution in [-0.2, 0) is 14.4 Å². The van der Waals surface area contributed by atoms with Gasteiger partial charge in [-0.05, 0) is 42.8 Å². The topological polar surface area (TPSA) is 92.5 Å². The van der Waals surface area contributed by atoms with Crippen molar-refractivity contribution in [2.45, 2.75) is 13.8 Å². The summed E-state index contributed by atoms with van der Waals surface area (Å²) in [5.74, 6) is -2.56. The third-order valence-electron chi connectivity index (χ3n) is 3.27. The number of rotatable bonds is 2.